The molecule has 0 aromatic heterocycles. The van der Waals surface area contributed by atoms with Gasteiger partial charge in [-0.05, 0) is 20.8 Å². The highest BCUT2D eigenvalue weighted by atomic mass is 16.7. The predicted octanol–water partition coefficient (Wildman–Crippen LogP) is 1.11. The molecular formula is C14H22O8. The standard InChI is InChI=1S/C14H22O8/c1-14(2,3)22-13(18)8-7-12(17)21-9-20-11(16)6-5-10(15)19-4/h5-9H2,1-4H3. The first-order chi connectivity index (χ1) is 10.1. The Balaban J connectivity index is 3.75. The smallest absolute Gasteiger partial charge is 0.309 e. The van der Waals surface area contributed by atoms with Gasteiger partial charge in [-0.3, -0.25) is 19.2 Å². The topological polar surface area (TPSA) is 105 Å². The lowest BCUT2D eigenvalue weighted by Crippen LogP contribution is -2.24. The molecule has 8 heteroatoms. The van der Waals surface area contributed by atoms with E-state index >= 15 is 0 Å². The van der Waals surface area contributed by atoms with E-state index in [0.717, 1.165) is 0 Å². The van der Waals surface area contributed by atoms with Gasteiger partial charge in [0.25, 0.3) is 0 Å². The van der Waals surface area contributed by atoms with Crippen LogP contribution in [0, 0.1) is 0 Å². The number of rotatable bonds is 8. The van der Waals surface area contributed by atoms with Crippen LogP contribution >= 0.6 is 0 Å². The van der Waals surface area contributed by atoms with Gasteiger partial charge in [0.1, 0.15) is 5.60 Å². The number of methoxy groups -OCH3 is 1. The molecule has 0 unspecified atom stereocenters. The lowest BCUT2D eigenvalue weighted by atomic mass is 10.2. The number of hydrogen-bond donors (Lipinski definition) is 0. The van der Waals surface area contributed by atoms with Crippen molar-refractivity contribution in [3.05, 3.63) is 0 Å². The molecule has 22 heavy (non-hydrogen) atoms. The van der Waals surface area contributed by atoms with Crippen molar-refractivity contribution in [2.75, 3.05) is 13.9 Å². The Morgan fingerprint density at radius 3 is 1.55 bits per heavy atom. The number of hydrogen-bond acceptors (Lipinski definition) is 8. The summed E-state index contributed by atoms with van der Waals surface area (Å²) in [4.78, 5) is 44.6. The highest BCUT2D eigenvalue weighted by Gasteiger charge is 2.17. The fourth-order valence-electron chi connectivity index (χ4n) is 1.21. The third-order valence-corrected chi connectivity index (χ3v) is 2.15. The fourth-order valence-corrected chi connectivity index (χ4v) is 1.21. The highest BCUT2D eigenvalue weighted by molar-refractivity contribution is 5.78. The van der Waals surface area contributed by atoms with Crippen LogP contribution in [0.3, 0.4) is 0 Å². The molecule has 0 saturated carbocycles. The second-order valence-corrected chi connectivity index (χ2v) is 5.31. The fraction of sp³-hybridized carbons (Fsp3) is 0.714. The number of esters is 4. The molecule has 0 spiro atoms. The molecule has 0 N–H and O–H groups in total. The van der Waals surface area contributed by atoms with Crippen LogP contribution < -0.4 is 0 Å². The van der Waals surface area contributed by atoms with E-state index in [9.17, 15) is 19.2 Å². The van der Waals surface area contributed by atoms with E-state index in [2.05, 4.69) is 14.2 Å². The molecule has 0 aliphatic carbocycles. The van der Waals surface area contributed by atoms with Crippen LogP contribution in [-0.4, -0.2) is 43.4 Å². The van der Waals surface area contributed by atoms with E-state index < -0.39 is 36.3 Å². The van der Waals surface area contributed by atoms with Crippen LogP contribution in [0.2, 0.25) is 0 Å². The van der Waals surface area contributed by atoms with E-state index in [1.54, 1.807) is 20.8 Å². The quantitative estimate of drug-likeness (QED) is 0.372. The summed E-state index contributed by atoms with van der Waals surface area (Å²) in [6.45, 7) is 4.60. The van der Waals surface area contributed by atoms with Crippen molar-refractivity contribution in [3.63, 3.8) is 0 Å². The predicted molar refractivity (Wildman–Crippen MR) is 73.4 cm³/mol. The van der Waals surface area contributed by atoms with E-state index in [0.29, 0.717) is 0 Å². The highest BCUT2D eigenvalue weighted by Crippen LogP contribution is 2.09. The molecule has 0 rings (SSSR count). The molecule has 0 aromatic carbocycles. The average Bonchev–Trinajstić information content (AvgIpc) is 2.40. The molecule has 0 aromatic rings. The summed E-state index contributed by atoms with van der Waals surface area (Å²) in [5.74, 6) is -2.43. The summed E-state index contributed by atoms with van der Waals surface area (Å²) < 4.78 is 18.6. The maximum absolute atomic E-state index is 11.4. The van der Waals surface area contributed by atoms with Crippen molar-refractivity contribution in [3.8, 4) is 0 Å². The van der Waals surface area contributed by atoms with Crippen LogP contribution in [0.25, 0.3) is 0 Å². The zero-order valence-corrected chi connectivity index (χ0v) is 13.3. The van der Waals surface area contributed by atoms with Gasteiger partial charge in [-0.2, -0.15) is 0 Å². The molecule has 0 fully saturated rings. The number of carbonyl (C=O) groups is 4. The van der Waals surface area contributed by atoms with Gasteiger partial charge in [0.2, 0.25) is 6.79 Å². The Bertz CT molecular complexity index is 408. The molecular weight excluding hydrogens is 296 g/mol. The van der Waals surface area contributed by atoms with Crippen molar-refractivity contribution in [2.24, 2.45) is 0 Å². The minimum absolute atomic E-state index is 0.109. The molecule has 0 radical (unpaired) electrons. The third-order valence-electron chi connectivity index (χ3n) is 2.15. The minimum atomic E-state index is -0.689. The molecule has 0 aliphatic heterocycles. The Hall–Kier alpha value is -2.12. The van der Waals surface area contributed by atoms with Crippen LogP contribution in [0.15, 0.2) is 0 Å². The minimum Gasteiger partial charge on any atom is -0.469 e. The lowest BCUT2D eigenvalue weighted by molar-refractivity contribution is -0.170. The second-order valence-electron chi connectivity index (χ2n) is 5.31. The summed E-state index contributed by atoms with van der Waals surface area (Å²) in [6, 6.07) is 0. The number of carbonyl (C=O) groups excluding carboxylic acids is 4. The normalized spacial score (nSPS) is 10.5. The zero-order valence-electron chi connectivity index (χ0n) is 13.3. The van der Waals surface area contributed by atoms with E-state index in [1.165, 1.54) is 7.11 Å². The second kappa shape index (κ2) is 9.75. The summed E-state index contributed by atoms with van der Waals surface area (Å²) in [5.41, 5.74) is -0.615. The van der Waals surface area contributed by atoms with Gasteiger partial charge in [0.15, 0.2) is 0 Å². The average molecular weight is 318 g/mol. The van der Waals surface area contributed by atoms with Gasteiger partial charge in [0.05, 0.1) is 32.8 Å². The molecule has 0 amide bonds. The Kier molecular flexibility index (Phi) is 8.81. The number of ether oxygens (including phenoxy) is 4. The van der Waals surface area contributed by atoms with E-state index in [1.807, 2.05) is 0 Å². The molecule has 0 heterocycles. The first kappa shape index (κ1) is 19.9. The van der Waals surface area contributed by atoms with Crippen LogP contribution in [0.1, 0.15) is 46.5 Å². The van der Waals surface area contributed by atoms with Gasteiger partial charge < -0.3 is 18.9 Å². The van der Waals surface area contributed by atoms with E-state index in [4.69, 9.17) is 4.74 Å². The maximum Gasteiger partial charge on any atom is 0.309 e. The zero-order chi connectivity index (χ0) is 17.2. The van der Waals surface area contributed by atoms with Crippen molar-refractivity contribution < 1.29 is 38.1 Å². The van der Waals surface area contributed by atoms with Gasteiger partial charge in [-0.15, -0.1) is 0 Å². The first-order valence-electron chi connectivity index (χ1n) is 6.74. The summed E-state index contributed by atoms with van der Waals surface area (Å²) in [6.07, 6.45) is -0.564. The SMILES string of the molecule is COC(=O)CCC(=O)OCOC(=O)CCC(=O)OC(C)(C)C. The summed E-state index contributed by atoms with van der Waals surface area (Å²) in [7, 11) is 1.21. The van der Waals surface area contributed by atoms with Crippen LogP contribution in [0.5, 0.6) is 0 Å². The van der Waals surface area contributed by atoms with Gasteiger partial charge in [0, 0.05) is 0 Å². The molecule has 0 aliphatic rings. The van der Waals surface area contributed by atoms with Gasteiger partial charge in [-0.25, -0.2) is 0 Å². The van der Waals surface area contributed by atoms with Gasteiger partial charge >= 0.3 is 23.9 Å². The van der Waals surface area contributed by atoms with Crippen molar-refractivity contribution in [1.82, 2.24) is 0 Å². The molecule has 0 bridgehead atoms. The van der Waals surface area contributed by atoms with Crippen LogP contribution in [-0.2, 0) is 38.1 Å². The summed E-state index contributed by atoms with van der Waals surface area (Å²) >= 11 is 0. The van der Waals surface area contributed by atoms with Crippen molar-refractivity contribution >= 4 is 23.9 Å². The largest absolute Gasteiger partial charge is 0.469 e. The lowest BCUT2D eigenvalue weighted by Gasteiger charge is -2.19. The van der Waals surface area contributed by atoms with Crippen LogP contribution in [0.4, 0.5) is 0 Å². The van der Waals surface area contributed by atoms with E-state index in [-0.39, 0.29) is 25.7 Å². The monoisotopic (exact) mass is 318 g/mol. The summed E-state index contributed by atoms with van der Waals surface area (Å²) in [5, 5.41) is 0. The molecule has 0 atom stereocenters. The Morgan fingerprint density at radius 1 is 0.727 bits per heavy atom. The molecule has 0 saturated heterocycles. The molecule has 8 nitrogen and oxygen atoms in total. The van der Waals surface area contributed by atoms with Gasteiger partial charge in [-0.1, -0.05) is 0 Å². The van der Waals surface area contributed by atoms with Crippen molar-refractivity contribution in [1.29, 1.82) is 0 Å². The first-order valence-corrected chi connectivity index (χ1v) is 6.74. The Morgan fingerprint density at radius 2 is 1.14 bits per heavy atom. The Labute approximate surface area is 129 Å². The molecule has 126 valence electrons. The maximum atomic E-state index is 11.4. The van der Waals surface area contributed by atoms with Crippen molar-refractivity contribution in [2.45, 2.75) is 52.1 Å². The third kappa shape index (κ3) is 11.7.